The molecule has 2 heterocycles. The van der Waals surface area contributed by atoms with Crippen molar-refractivity contribution in [3.63, 3.8) is 0 Å². The third kappa shape index (κ3) is 5.97. The van der Waals surface area contributed by atoms with E-state index in [1.54, 1.807) is 0 Å². The molecule has 0 radical (unpaired) electrons. The van der Waals surface area contributed by atoms with Crippen LogP contribution in [0.5, 0.6) is 0 Å². The molecule has 2 atom stereocenters. The first kappa shape index (κ1) is 21.7. The number of guanidine groups is 1. The number of benzene rings is 1. The van der Waals surface area contributed by atoms with Crippen molar-refractivity contribution in [3.8, 4) is 0 Å². The molecule has 158 valence electrons. The van der Waals surface area contributed by atoms with Crippen molar-refractivity contribution in [1.82, 2.24) is 15.5 Å². The fraction of sp³-hybridized carbons (Fsp3) is 0.522. The topological polar surface area (TPSA) is 42.9 Å². The third-order valence-corrected chi connectivity index (χ3v) is 6.70. The van der Waals surface area contributed by atoms with Crippen molar-refractivity contribution in [1.29, 1.82) is 0 Å². The van der Waals surface area contributed by atoms with E-state index in [1.165, 1.54) is 35.5 Å². The lowest BCUT2D eigenvalue weighted by atomic mass is 9.88. The van der Waals surface area contributed by atoms with Crippen LogP contribution in [0.2, 0.25) is 0 Å². The zero-order valence-corrected chi connectivity index (χ0v) is 19.0. The van der Waals surface area contributed by atoms with Crippen LogP contribution in [0.3, 0.4) is 0 Å². The number of rotatable bonds is 7. The summed E-state index contributed by atoms with van der Waals surface area (Å²) in [6, 6.07) is 13.7. The van der Waals surface area contributed by atoms with Crippen LogP contribution in [-0.4, -0.2) is 58.7 Å². The van der Waals surface area contributed by atoms with E-state index in [1.807, 2.05) is 18.4 Å². The molecule has 1 saturated heterocycles. The predicted octanol–water partition coefficient (Wildman–Crippen LogP) is 3.60. The molecule has 0 amide bonds. The van der Waals surface area contributed by atoms with Gasteiger partial charge in [-0.2, -0.15) is 0 Å². The zero-order chi connectivity index (χ0) is 20.6. The van der Waals surface area contributed by atoms with Gasteiger partial charge in [0.1, 0.15) is 0 Å². The molecule has 5 nitrogen and oxygen atoms in total. The van der Waals surface area contributed by atoms with Gasteiger partial charge >= 0.3 is 0 Å². The monoisotopic (exact) mass is 413 g/mol. The van der Waals surface area contributed by atoms with E-state index in [-0.39, 0.29) is 0 Å². The fourth-order valence-corrected chi connectivity index (χ4v) is 5.10. The molecular formula is C23H35N5S. The van der Waals surface area contributed by atoms with E-state index in [0.29, 0.717) is 12.0 Å². The summed E-state index contributed by atoms with van der Waals surface area (Å²) in [7, 11) is 8.24. The second-order valence-electron chi connectivity index (χ2n) is 8.03. The lowest BCUT2D eigenvalue weighted by Gasteiger charge is -2.39. The van der Waals surface area contributed by atoms with Crippen LogP contribution in [0.4, 0.5) is 5.69 Å². The highest BCUT2D eigenvalue weighted by Crippen LogP contribution is 2.36. The van der Waals surface area contributed by atoms with Crippen molar-refractivity contribution in [2.75, 3.05) is 52.7 Å². The van der Waals surface area contributed by atoms with Gasteiger partial charge in [-0.05, 0) is 67.9 Å². The summed E-state index contributed by atoms with van der Waals surface area (Å²) >= 11 is 1.87. The van der Waals surface area contributed by atoms with Crippen molar-refractivity contribution >= 4 is 23.0 Å². The number of aliphatic imine (C=N–C) groups is 1. The van der Waals surface area contributed by atoms with Gasteiger partial charge in [-0.25, -0.2) is 0 Å². The van der Waals surface area contributed by atoms with Crippen LogP contribution in [0, 0.1) is 5.92 Å². The smallest absolute Gasteiger partial charge is 0.190 e. The molecule has 0 aliphatic carbocycles. The Morgan fingerprint density at radius 3 is 2.66 bits per heavy atom. The average molecular weight is 414 g/mol. The molecule has 2 N–H and O–H groups in total. The maximum absolute atomic E-state index is 4.42. The van der Waals surface area contributed by atoms with Crippen molar-refractivity contribution in [2.45, 2.75) is 25.3 Å². The van der Waals surface area contributed by atoms with Gasteiger partial charge in [0.15, 0.2) is 5.96 Å². The Bertz CT molecular complexity index is 754. The van der Waals surface area contributed by atoms with Gasteiger partial charge in [0.25, 0.3) is 0 Å². The highest BCUT2D eigenvalue weighted by atomic mass is 32.1. The molecule has 1 aromatic heterocycles. The molecule has 3 rings (SSSR count). The Morgan fingerprint density at radius 1 is 1.21 bits per heavy atom. The summed E-state index contributed by atoms with van der Waals surface area (Å²) in [6.45, 7) is 3.00. The number of thiophene rings is 1. The second-order valence-corrected chi connectivity index (χ2v) is 9.01. The molecule has 1 aliphatic heterocycles. The Hall–Kier alpha value is -2.05. The van der Waals surface area contributed by atoms with Crippen molar-refractivity contribution < 1.29 is 0 Å². The number of likely N-dealkylation sites (tertiary alicyclic amines) is 1. The summed E-state index contributed by atoms with van der Waals surface area (Å²) in [5.74, 6) is 1.50. The first-order chi connectivity index (χ1) is 14.1. The minimum atomic E-state index is 0.504. The van der Waals surface area contributed by atoms with E-state index < -0.39 is 0 Å². The van der Waals surface area contributed by atoms with Gasteiger partial charge in [-0.1, -0.05) is 18.2 Å². The highest BCUT2D eigenvalue weighted by molar-refractivity contribution is 7.10. The van der Waals surface area contributed by atoms with E-state index >= 15 is 0 Å². The Kier molecular flexibility index (Phi) is 7.95. The average Bonchev–Trinajstić information content (AvgIpc) is 3.25. The summed E-state index contributed by atoms with van der Waals surface area (Å²) in [5.41, 5.74) is 2.57. The maximum atomic E-state index is 4.42. The van der Waals surface area contributed by atoms with Crippen LogP contribution in [0.1, 0.15) is 29.3 Å². The normalized spacial score (nSPS) is 20.5. The molecule has 1 fully saturated rings. The van der Waals surface area contributed by atoms with E-state index in [4.69, 9.17) is 0 Å². The van der Waals surface area contributed by atoms with E-state index in [2.05, 4.69) is 88.3 Å². The van der Waals surface area contributed by atoms with Crippen molar-refractivity contribution in [3.05, 3.63) is 52.2 Å². The molecule has 0 bridgehead atoms. The number of piperidine rings is 1. The molecule has 1 aromatic carbocycles. The predicted molar refractivity (Wildman–Crippen MR) is 126 cm³/mol. The minimum Gasteiger partial charge on any atom is -0.378 e. The molecule has 2 unspecified atom stereocenters. The molecule has 2 aromatic rings. The molecule has 0 spiro atoms. The van der Waals surface area contributed by atoms with Crippen molar-refractivity contribution in [2.24, 2.45) is 10.9 Å². The second kappa shape index (κ2) is 10.6. The first-order valence-electron chi connectivity index (χ1n) is 10.5. The van der Waals surface area contributed by atoms with E-state index in [0.717, 1.165) is 25.5 Å². The van der Waals surface area contributed by atoms with Gasteiger partial charge in [-0.3, -0.25) is 9.89 Å². The van der Waals surface area contributed by atoms with Crippen LogP contribution in [0.25, 0.3) is 0 Å². The van der Waals surface area contributed by atoms with Crippen LogP contribution >= 0.6 is 11.3 Å². The first-order valence-corrected chi connectivity index (χ1v) is 11.4. The molecule has 29 heavy (non-hydrogen) atoms. The summed E-state index contributed by atoms with van der Waals surface area (Å²) < 4.78 is 0. The summed E-state index contributed by atoms with van der Waals surface area (Å²) in [4.78, 5) is 10.5. The Balaban J connectivity index is 1.48. The van der Waals surface area contributed by atoms with Crippen LogP contribution < -0.4 is 15.5 Å². The third-order valence-electron chi connectivity index (χ3n) is 5.76. The lowest BCUT2D eigenvalue weighted by molar-refractivity contribution is 0.125. The number of anilines is 1. The minimum absolute atomic E-state index is 0.504. The van der Waals surface area contributed by atoms with Gasteiger partial charge in [0.05, 0.1) is 0 Å². The summed E-state index contributed by atoms with van der Waals surface area (Å²) in [6.07, 6.45) is 3.51. The SMILES string of the molecule is CN=C(NCCc1ccc(N(C)C)cc1)NCC1CCCN(C)C1c1cccs1. The van der Waals surface area contributed by atoms with Gasteiger partial charge in [0, 0.05) is 50.8 Å². The fourth-order valence-electron chi connectivity index (χ4n) is 4.12. The number of nitrogens with one attached hydrogen (secondary N) is 2. The zero-order valence-electron chi connectivity index (χ0n) is 18.2. The number of nitrogens with zero attached hydrogens (tertiary/aromatic N) is 3. The quantitative estimate of drug-likeness (QED) is 0.538. The molecule has 0 saturated carbocycles. The standard InChI is InChI=1S/C23H35N5S/c1-24-23(25-14-13-18-9-11-20(12-10-18)27(2)3)26-17-19-7-5-15-28(4)22(19)21-8-6-16-29-21/h6,8-12,16,19,22H,5,7,13-15,17H2,1-4H3,(H2,24,25,26). The molecule has 1 aliphatic rings. The number of hydrogen-bond donors (Lipinski definition) is 2. The van der Waals surface area contributed by atoms with Gasteiger partial charge in [-0.15, -0.1) is 11.3 Å². The van der Waals surface area contributed by atoms with Gasteiger partial charge < -0.3 is 15.5 Å². The van der Waals surface area contributed by atoms with E-state index in [9.17, 15) is 0 Å². The Labute approximate surface area is 179 Å². The van der Waals surface area contributed by atoms with Gasteiger partial charge in [0.2, 0.25) is 0 Å². The maximum Gasteiger partial charge on any atom is 0.190 e. The van der Waals surface area contributed by atoms with Crippen LogP contribution in [-0.2, 0) is 6.42 Å². The number of hydrogen-bond acceptors (Lipinski definition) is 4. The largest absolute Gasteiger partial charge is 0.378 e. The summed E-state index contributed by atoms with van der Waals surface area (Å²) in [5, 5.41) is 9.23. The van der Waals surface area contributed by atoms with Crippen LogP contribution in [0.15, 0.2) is 46.8 Å². The Morgan fingerprint density at radius 2 is 2.00 bits per heavy atom. The lowest BCUT2D eigenvalue weighted by Crippen LogP contribution is -2.45. The molecular weight excluding hydrogens is 378 g/mol. The highest BCUT2D eigenvalue weighted by Gasteiger charge is 2.31. The molecule has 6 heteroatoms.